The predicted molar refractivity (Wildman–Crippen MR) is 136 cm³/mol. The van der Waals surface area contributed by atoms with Crippen LogP contribution in [0.4, 0.5) is 25.1 Å². The van der Waals surface area contributed by atoms with Gasteiger partial charge in [-0.15, -0.1) is 0 Å². The zero-order valence-corrected chi connectivity index (χ0v) is 21.2. The summed E-state index contributed by atoms with van der Waals surface area (Å²) in [4.78, 5) is 20.1. The van der Waals surface area contributed by atoms with Gasteiger partial charge in [0.05, 0.1) is 10.7 Å². The van der Waals surface area contributed by atoms with Crippen LogP contribution in [-0.4, -0.2) is 47.8 Å². The maximum Gasteiger partial charge on any atom is 0.410 e. The van der Waals surface area contributed by atoms with Gasteiger partial charge in [0.15, 0.2) is 5.82 Å². The molecule has 3 aromatic rings. The molecule has 0 unspecified atom stereocenters. The molecule has 7 nitrogen and oxygen atoms in total. The fourth-order valence-electron chi connectivity index (χ4n) is 4.39. The Morgan fingerprint density at radius 1 is 1.19 bits per heavy atom. The maximum absolute atomic E-state index is 15.9. The number of amides is 1. The van der Waals surface area contributed by atoms with Crippen LogP contribution in [0.2, 0.25) is 5.02 Å². The number of ether oxygens (including phenoxy) is 1. The number of nitrogen functional groups attached to an aromatic ring is 1. The topological polar surface area (TPSA) is 95.5 Å². The van der Waals surface area contributed by atoms with Crippen LogP contribution in [0.5, 0.6) is 0 Å². The molecule has 2 N–H and O–H groups in total. The lowest BCUT2D eigenvalue weighted by Crippen LogP contribution is -2.50. The van der Waals surface area contributed by atoms with Crippen LogP contribution in [0.3, 0.4) is 0 Å². The molecule has 4 rings (SSSR count). The number of aryl methyl sites for hydroxylation is 1. The number of nitrogens with zero attached hydrogens (tertiary/aromatic N) is 4. The Balaban J connectivity index is 1.81. The molecule has 2 aromatic carbocycles. The summed E-state index contributed by atoms with van der Waals surface area (Å²) >= 11 is 6.52. The number of piperazine rings is 1. The van der Waals surface area contributed by atoms with E-state index in [0.717, 1.165) is 0 Å². The van der Waals surface area contributed by atoms with Crippen molar-refractivity contribution in [1.29, 1.82) is 5.26 Å². The van der Waals surface area contributed by atoms with Gasteiger partial charge < -0.3 is 20.3 Å². The van der Waals surface area contributed by atoms with Crippen LogP contribution < -0.4 is 10.6 Å². The maximum atomic E-state index is 15.9. The molecule has 10 heteroatoms. The van der Waals surface area contributed by atoms with E-state index in [4.69, 9.17) is 22.1 Å². The Labute approximate surface area is 213 Å². The molecule has 0 aliphatic carbocycles. The number of rotatable bonds is 2. The molecule has 1 fully saturated rings. The molecule has 1 saturated heterocycles. The number of hydrogen-bond acceptors (Lipinski definition) is 6. The van der Waals surface area contributed by atoms with Gasteiger partial charge in [-0.25, -0.2) is 18.6 Å². The first-order chi connectivity index (χ1) is 16.9. The molecule has 1 aromatic heterocycles. The highest BCUT2D eigenvalue weighted by molar-refractivity contribution is 6.34. The van der Waals surface area contributed by atoms with Gasteiger partial charge >= 0.3 is 6.09 Å². The second kappa shape index (κ2) is 9.43. The van der Waals surface area contributed by atoms with E-state index in [1.807, 2.05) is 4.90 Å². The number of anilines is 2. The van der Waals surface area contributed by atoms with Crippen molar-refractivity contribution < 1.29 is 18.3 Å². The van der Waals surface area contributed by atoms with E-state index < -0.39 is 23.3 Å². The summed E-state index contributed by atoms with van der Waals surface area (Å²) in [7, 11) is 0. The normalized spacial score (nSPS) is 14.2. The number of pyridine rings is 1. The van der Waals surface area contributed by atoms with Gasteiger partial charge in [-0.05, 0) is 45.4 Å². The molecule has 2 heterocycles. The van der Waals surface area contributed by atoms with Gasteiger partial charge in [0.25, 0.3) is 0 Å². The number of carbonyl (C=O) groups is 1. The second-order valence-corrected chi connectivity index (χ2v) is 10.1. The highest BCUT2D eigenvalue weighted by Crippen LogP contribution is 2.42. The van der Waals surface area contributed by atoms with E-state index >= 15 is 4.39 Å². The van der Waals surface area contributed by atoms with Crippen molar-refractivity contribution in [2.45, 2.75) is 33.3 Å². The fraction of sp³-hybridized carbons (Fsp3) is 0.346. The monoisotopic (exact) mass is 513 g/mol. The van der Waals surface area contributed by atoms with E-state index in [9.17, 15) is 14.4 Å². The van der Waals surface area contributed by atoms with E-state index in [-0.39, 0.29) is 38.4 Å². The Kier molecular flexibility index (Phi) is 6.67. The van der Waals surface area contributed by atoms with Crippen molar-refractivity contribution in [2.75, 3.05) is 36.8 Å². The summed E-state index contributed by atoms with van der Waals surface area (Å²) in [5.74, 6) is -1.59. The van der Waals surface area contributed by atoms with Crippen molar-refractivity contribution >= 4 is 40.1 Å². The van der Waals surface area contributed by atoms with Crippen LogP contribution >= 0.6 is 11.6 Å². The summed E-state index contributed by atoms with van der Waals surface area (Å²) in [5.41, 5.74) is 6.24. The van der Waals surface area contributed by atoms with Crippen molar-refractivity contribution in [1.82, 2.24) is 9.88 Å². The smallest absolute Gasteiger partial charge is 0.410 e. The minimum atomic E-state index is -0.824. The number of carbonyl (C=O) groups excluding carboxylic acids is 1. The van der Waals surface area contributed by atoms with Crippen LogP contribution in [-0.2, 0) is 4.74 Å². The molecule has 0 radical (unpaired) electrons. The molecular weight excluding hydrogens is 488 g/mol. The SMILES string of the molecule is Cc1cccc(F)c1-c1c(Cl)cc2c(N3CCN(C(=O)OC(C)(C)C)CC3)c(C#N)c(N)nc2c1F. The molecule has 0 atom stereocenters. The number of hydrogen-bond donors (Lipinski definition) is 1. The molecule has 1 aliphatic rings. The fourth-order valence-corrected chi connectivity index (χ4v) is 4.67. The van der Waals surface area contributed by atoms with Crippen molar-refractivity contribution in [3.05, 3.63) is 52.0 Å². The van der Waals surface area contributed by atoms with Gasteiger partial charge in [-0.1, -0.05) is 23.7 Å². The van der Waals surface area contributed by atoms with Crippen LogP contribution in [0.25, 0.3) is 22.0 Å². The molecule has 188 valence electrons. The van der Waals surface area contributed by atoms with Crippen molar-refractivity contribution in [3.63, 3.8) is 0 Å². The predicted octanol–water partition coefficient (Wildman–Crippen LogP) is 5.65. The average molecular weight is 514 g/mol. The number of halogens is 3. The quantitative estimate of drug-likeness (QED) is 0.475. The lowest BCUT2D eigenvalue weighted by molar-refractivity contribution is 0.0240. The zero-order chi connectivity index (χ0) is 26.4. The van der Waals surface area contributed by atoms with Gasteiger partial charge in [0.2, 0.25) is 0 Å². The van der Waals surface area contributed by atoms with Crippen LogP contribution in [0.1, 0.15) is 31.9 Å². The van der Waals surface area contributed by atoms with E-state index in [0.29, 0.717) is 37.4 Å². The first-order valence-corrected chi connectivity index (χ1v) is 11.8. The first kappa shape index (κ1) is 25.5. The van der Waals surface area contributed by atoms with E-state index in [1.54, 1.807) is 38.7 Å². The standard InChI is InChI=1S/C26H26ClF2N5O2/c1-14-6-5-7-18(28)19(14)20-17(27)12-15-22(21(20)29)32-24(31)16(13-30)23(15)33-8-10-34(11-9-33)25(35)36-26(2,3)4/h5-7,12H,8-11H2,1-4H3,(H2,31,32). The van der Waals surface area contributed by atoms with Crippen LogP contribution in [0, 0.1) is 29.9 Å². The number of nitriles is 1. The number of nitrogens with two attached hydrogens (primary N) is 1. The van der Waals surface area contributed by atoms with Gasteiger partial charge in [-0.3, -0.25) is 0 Å². The largest absolute Gasteiger partial charge is 0.444 e. The third-order valence-electron chi connectivity index (χ3n) is 6.00. The van der Waals surface area contributed by atoms with E-state index in [2.05, 4.69) is 11.1 Å². The number of fused-ring (bicyclic) bond motifs is 1. The second-order valence-electron chi connectivity index (χ2n) is 9.66. The summed E-state index contributed by atoms with van der Waals surface area (Å²) in [6.07, 6.45) is -0.430. The number of aromatic nitrogens is 1. The first-order valence-electron chi connectivity index (χ1n) is 11.4. The molecule has 1 amide bonds. The summed E-state index contributed by atoms with van der Waals surface area (Å²) in [5, 5.41) is 10.1. The minimum Gasteiger partial charge on any atom is -0.444 e. The van der Waals surface area contributed by atoms with Crippen molar-refractivity contribution in [2.24, 2.45) is 0 Å². The summed E-state index contributed by atoms with van der Waals surface area (Å²) in [6, 6.07) is 7.98. The Morgan fingerprint density at radius 3 is 2.44 bits per heavy atom. The lowest BCUT2D eigenvalue weighted by atomic mass is 9.96. The molecule has 0 spiro atoms. The highest BCUT2D eigenvalue weighted by Gasteiger charge is 2.30. The van der Waals surface area contributed by atoms with Gasteiger partial charge in [-0.2, -0.15) is 5.26 Å². The molecule has 1 aliphatic heterocycles. The third kappa shape index (κ3) is 4.61. The summed E-state index contributed by atoms with van der Waals surface area (Å²) in [6.45, 7) is 8.39. The average Bonchev–Trinajstić information content (AvgIpc) is 2.80. The molecular formula is C26H26ClF2N5O2. The number of benzene rings is 2. The van der Waals surface area contributed by atoms with Gasteiger partial charge in [0, 0.05) is 42.7 Å². The molecule has 0 bridgehead atoms. The summed E-state index contributed by atoms with van der Waals surface area (Å²) < 4.78 is 36.1. The Hall–Kier alpha value is -3.64. The van der Waals surface area contributed by atoms with E-state index in [1.165, 1.54) is 18.2 Å². The Morgan fingerprint density at radius 2 is 1.86 bits per heavy atom. The third-order valence-corrected chi connectivity index (χ3v) is 6.30. The highest BCUT2D eigenvalue weighted by atomic mass is 35.5. The van der Waals surface area contributed by atoms with Crippen molar-refractivity contribution in [3.8, 4) is 17.2 Å². The zero-order valence-electron chi connectivity index (χ0n) is 20.5. The molecule has 0 saturated carbocycles. The molecule has 36 heavy (non-hydrogen) atoms. The Bertz CT molecular complexity index is 1390. The van der Waals surface area contributed by atoms with Gasteiger partial charge in [0.1, 0.15) is 34.4 Å². The minimum absolute atomic E-state index is 0.0164. The lowest BCUT2D eigenvalue weighted by Gasteiger charge is -2.37. The van der Waals surface area contributed by atoms with Crippen LogP contribution in [0.15, 0.2) is 24.3 Å².